The second kappa shape index (κ2) is 11.1. The molecule has 0 aromatic heterocycles. The minimum absolute atomic E-state index is 0. The van der Waals surface area contributed by atoms with E-state index in [1.807, 2.05) is 6.92 Å². The number of guanidine groups is 1. The van der Waals surface area contributed by atoms with E-state index < -0.39 is 0 Å². The van der Waals surface area contributed by atoms with Crippen molar-refractivity contribution >= 4 is 35.9 Å². The number of methoxy groups -OCH3 is 1. The maximum Gasteiger partial charge on any atom is 0.310 e. The number of halogens is 1. The predicted octanol–water partition coefficient (Wildman–Crippen LogP) is 2.75. The average molecular weight is 425 g/mol. The van der Waals surface area contributed by atoms with Gasteiger partial charge < -0.3 is 15.0 Å². The zero-order chi connectivity index (χ0) is 15.8. The molecule has 1 heterocycles. The summed E-state index contributed by atoms with van der Waals surface area (Å²) in [5.41, 5.74) is 0. The molecule has 130 valence electrons. The summed E-state index contributed by atoms with van der Waals surface area (Å²) >= 11 is 0. The summed E-state index contributed by atoms with van der Waals surface area (Å²) in [7, 11) is 3.23. The van der Waals surface area contributed by atoms with E-state index in [1.54, 1.807) is 7.05 Å². The number of nitrogens with one attached hydrogen (secondary N) is 1. The zero-order valence-corrected chi connectivity index (χ0v) is 16.9. The van der Waals surface area contributed by atoms with Gasteiger partial charge in [0.2, 0.25) is 0 Å². The number of rotatable bonds is 6. The normalized spacial score (nSPS) is 19.8. The van der Waals surface area contributed by atoms with Crippen molar-refractivity contribution in [3.63, 3.8) is 0 Å². The van der Waals surface area contributed by atoms with Crippen LogP contribution in [0.1, 0.15) is 40.0 Å². The lowest BCUT2D eigenvalue weighted by atomic mass is 9.87. The Labute approximate surface area is 152 Å². The number of ether oxygens (including phenoxy) is 1. The number of aliphatic imine (C=N–C) groups is 1. The zero-order valence-electron chi connectivity index (χ0n) is 14.6. The van der Waals surface area contributed by atoms with Gasteiger partial charge in [-0.15, -0.1) is 24.0 Å². The summed E-state index contributed by atoms with van der Waals surface area (Å²) in [6.45, 7) is 9.10. The molecule has 1 aliphatic rings. The summed E-state index contributed by atoms with van der Waals surface area (Å²) in [6, 6.07) is 0. The first-order chi connectivity index (χ1) is 10.1. The molecule has 1 aliphatic heterocycles. The van der Waals surface area contributed by atoms with Crippen LogP contribution in [0.5, 0.6) is 0 Å². The van der Waals surface area contributed by atoms with Crippen molar-refractivity contribution < 1.29 is 9.53 Å². The molecule has 1 N–H and O–H groups in total. The summed E-state index contributed by atoms with van der Waals surface area (Å²) in [4.78, 5) is 18.1. The molecule has 0 radical (unpaired) electrons. The van der Waals surface area contributed by atoms with Crippen LogP contribution in [0.2, 0.25) is 0 Å². The molecule has 0 saturated carbocycles. The van der Waals surface area contributed by atoms with E-state index in [2.05, 4.69) is 29.1 Å². The van der Waals surface area contributed by atoms with Gasteiger partial charge in [-0.05, 0) is 18.3 Å². The van der Waals surface area contributed by atoms with Gasteiger partial charge in [0.25, 0.3) is 0 Å². The fourth-order valence-corrected chi connectivity index (χ4v) is 3.18. The van der Waals surface area contributed by atoms with Crippen molar-refractivity contribution in [3.05, 3.63) is 0 Å². The minimum Gasteiger partial charge on any atom is -0.469 e. The minimum atomic E-state index is -0.186. The van der Waals surface area contributed by atoms with Crippen LogP contribution in [0.25, 0.3) is 0 Å². The molecular weight excluding hydrogens is 393 g/mol. The lowest BCUT2D eigenvalue weighted by molar-refractivity contribution is -0.144. The molecule has 0 aromatic carbocycles. The van der Waals surface area contributed by atoms with E-state index in [4.69, 9.17) is 4.74 Å². The second-order valence-corrected chi connectivity index (χ2v) is 5.92. The lowest BCUT2D eigenvalue weighted by Gasteiger charge is -2.24. The molecule has 0 aromatic rings. The highest BCUT2D eigenvalue weighted by molar-refractivity contribution is 14.0. The molecule has 2 unspecified atom stereocenters. The van der Waals surface area contributed by atoms with E-state index in [1.165, 1.54) is 26.4 Å². The van der Waals surface area contributed by atoms with Crippen LogP contribution in [-0.2, 0) is 9.53 Å². The van der Waals surface area contributed by atoms with Gasteiger partial charge in [0.15, 0.2) is 5.96 Å². The second-order valence-electron chi connectivity index (χ2n) is 5.92. The van der Waals surface area contributed by atoms with E-state index in [-0.39, 0.29) is 35.9 Å². The van der Waals surface area contributed by atoms with Crippen LogP contribution in [-0.4, -0.2) is 50.6 Å². The number of likely N-dealkylation sites (tertiary alicyclic amines) is 1. The SMILES string of the molecule is CCC(CC)C1CCN(C(=NC)NCC(C)C(=O)OC)C1.I. The largest absolute Gasteiger partial charge is 0.469 e. The van der Waals surface area contributed by atoms with E-state index >= 15 is 0 Å². The van der Waals surface area contributed by atoms with Crippen molar-refractivity contribution in [2.24, 2.45) is 22.7 Å². The van der Waals surface area contributed by atoms with Gasteiger partial charge in [-0.25, -0.2) is 0 Å². The Morgan fingerprint density at radius 3 is 2.55 bits per heavy atom. The Kier molecular flexibility index (Phi) is 10.8. The van der Waals surface area contributed by atoms with Gasteiger partial charge in [0.05, 0.1) is 13.0 Å². The van der Waals surface area contributed by atoms with E-state index in [0.717, 1.165) is 30.9 Å². The fraction of sp³-hybridized carbons (Fsp3) is 0.875. The third-order valence-corrected chi connectivity index (χ3v) is 4.62. The Morgan fingerprint density at radius 1 is 1.41 bits per heavy atom. The molecule has 22 heavy (non-hydrogen) atoms. The van der Waals surface area contributed by atoms with Gasteiger partial charge in [0, 0.05) is 26.7 Å². The van der Waals surface area contributed by atoms with Gasteiger partial charge in [0.1, 0.15) is 0 Å². The van der Waals surface area contributed by atoms with E-state index in [0.29, 0.717) is 6.54 Å². The van der Waals surface area contributed by atoms with Gasteiger partial charge in [-0.3, -0.25) is 9.79 Å². The van der Waals surface area contributed by atoms with Crippen LogP contribution in [0.4, 0.5) is 0 Å². The maximum absolute atomic E-state index is 11.4. The molecular formula is C16H32IN3O2. The van der Waals surface area contributed by atoms with Crippen molar-refractivity contribution in [2.45, 2.75) is 40.0 Å². The fourth-order valence-electron chi connectivity index (χ4n) is 3.18. The third kappa shape index (κ3) is 5.93. The third-order valence-electron chi connectivity index (χ3n) is 4.62. The van der Waals surface area contributed by atoms with Crippen LogP contribution >= 0.6 is 24.0 Å². The molecule has 0 aliphatic carbocycles. The molecule has 0 bridgehead atoms. The highest BCUT2D eigenvalue weighted by Gasteiger charge is 2.29. The summed E-state index contributed by atoms with van der Waals surface area (Å²) in [5, 5.41) is 3.30. The first-order valence-electron chi connectivity index (χ1n) is 8.10. The number of carbonyl (C=O) groups is 1. The van der Waals surface area contributed by atoms with Crippen LogP contribution in [0, 0.1) is 17.8 Å². The van der Waals surface area contributed by atoms with Gasteiger partial charge in [-0.2, -0.15) is 0 Å². The summed E-state index contributed by atoms with van der Waals surface area (Å²) < 4.78 is 4.75. The maximum atomic E-state index is 11.4. The highest BCUT2D eigenvalue weighted by Crippen LogP contribution is 2.28. The summed E-state index contributed by atoms with van der Waals surface area (Å²) in [6.07, 6.45) is 3.74. The Morgan fingerprint density at radius 2 is 2.05 bits per heavy atom. The summed E-state index contributed by atoms with van der Waals surface area (Å²) in [5.74, 6) is 2.12. The van der Waals surface area contributed by atoms with Crippen LogP contribution < -0.4 is 5.32 Å². The number of nitrogens with zero attached hydrogens (tertiary/aromatic N) is 2. The lowest BCUT2D eigenvalue weighted by Crippen LogP contribution is -2.43. The Hall–Kier alpha value is -0.530. The number of hydrogen-bond acceptors (Lipinski definition) is 3. The Bertz CT molecular complexity index is 359. The first-order valence-corrected chi connectivity index (χ1v) is 8.10. The van der Waals surface area contributed by atoms with Crippen LogP contribution in [0.3, 0.4) is 0 Å². The van der Waals surface area contributed by atoms with Gasteiger partial charge >= 0.3 is 5.97 Å². The molecule has 0 amide bonds. The van der Waals surface area contributed by atoms with Crippen molar-refractivity contribution in [3.8, 4) is 0 Å². The van der Waals surface area contributed by atoms with E-state index in [9.17, 15) is 4.79 Å². The average Bonchev–Trinajstić information content (AvgIpc) is 2.97. The van der Waals surface area contributed by atoms with Gasteiger partial charge in [-0.1, -0.05) is 33.6 Å². The topological polar surface area (TPSA) is 53.9 Å². The molecule has 6 heteroatoms. The molecule has 2 atom stereocenters. The predicted molar refractivity (Wildman–Crippen MR) is 102 cm³/mol. The standard InChI is InChI=1S/C16H31N3O2.HI/c1-6-13(7-2)14-8-9-19(11-14)16(17-4)18-10-12(3)15(20)21-5;/h12-14H,6-11H2,1-5H3,(H,17,18);1H. The molecule has 5 nitrogen and oxygen atoms in total. The quantitative estimate of drug-likeness (QED) is 0.308. The number of carbonyl (C=O) groups excluding carboxylic acids is 1. The highest BCUT2D eigenvalue weighted by atomic mass is 127. The smallest absolute Gasteiger partial charge is 0.310 e. The molecule has 0 spiro atoms. The molecule has 1 rings (SSSR count). The molecule has 1 fully saturated rings. The van der Waals surface area contributed by atoms with Crippen LogP contribution in [0.15, 0.2) is 4.99 Å². The van der Waals surface area contributed by atoms with Crippen molar-refractivity contribution in [1.82, 2.24) is 10.2 Å². The van der Waals surface area contributed by atoms with Crippen molar-refractivity contribution in [2.75, 3.05) is 33.8 Å². The number of esters is 1. The Balaban J connectivity index is 0.00000441. The number of hydrogen-bond donors (Lipinski definition) is 1. The molecule has 1 saturated heterocycles. The first kappa shape index (κ1) is 21.5. The monoisotopic (exact) mass is 425 g/mol. The van der Waals surface area contributed by atoms with Crippen molar-refractivity contribution in [1.29, 1.82) is 0 Å².